The second kappa shape index (κ2) is 7.95. The monoisotopic (exact) mass is 320 g/mol. The second-order valence-corrected chi connectivity index (χ2v) is 5.11. The maximum atomic E-state index is 8.76. The molecule has 0 aliphatic heterocycles. The van der Waals surface area contributed by atoms with Gasteiger partial charge in [-0.15, -0.1) is 0 Å². The Morgan fingerprint density at radius 3 is 2.62 bits per heavy atom. The minimum absolute atomic E-state index is 0.0644. The van der Waals surface area contributed by atoms with Crippen LogP contribution in [0.25, 0.3) is 0 Å². The molecule has 0 fully saturated rings. The highest BCUT2D eigenvalue weighted by molar-refractivity contribution is 6.42. The van der Waals surface area contributed by atoms with Crippen LogP contribution >= 0.6 is 23.2 Å². The summed E-state index contributed by atoms with van der Waals surface area (Å²) in [7, 11) is 0. The molecule has 0 aliphatic carbocycles. The zero-order chi connectivity index (χ0) is 15.1. The molecule has 2 aromatic carbocycles. The van der Waals surface area contributed by atoms with Gasteiger partial charge in [0.2, 0.25) is 0 Å². The molecule has 0 amide bonds. The molecule has 108 valence electrons. The topological polar surface area (TPSA) is 29.5 Å². The van der Waals surface area contributed by atoms with Gasteiger partial charge in [0, 0.05) is 23.6 Å². The van der Waals surface area contributed by atoms with Gasteiger partial charge in [0.05, 0.1) is 16.7 Å². The van der Waals surface area contributed by atoms with E-state index in [1.807, 2.05) is 24.3 Å². The molecule has 21 heavy (non-hydrogen) atoms. The van der Waals surface area contributed by atoms with Crippen molar-refractivity contribution in [2.45, 2.75) is 13.0 Å². The average molecular weight is 321 g/mol. The number of aliphatic hydroxyl groups is 1. The summed E-state index contributed by atoms with van der Waals surface area (Å²) in [4.78, 5) is 0. The summed E-state index contributed by atoms with van der Waals surface area (Å²) in [6, 6.07) is 12.9. The third kappa shape index (κ3) is 4.68. The molecule has 2 rings (SSSR count). The van der Waals surface area contributed by atoms with Gasteiger partial charge in [-0.3, -0.25) is 0 Å². The molecule has 0 saturated heterocycles. The molecule has 0 radical (unpaired) electrons. The first-order valence-electron chi connectivity index (χ1n) is 6.46. The number of ether oxygens (including phenoxy) is 1. The minimum Gasteiger partial charge on any atom is -0.489 e. The summed E-state index contributed by atoms with van der Waals surface area (Å²) in [6.07, 6.45) is 0.460. The van der Waals surface area contributed by atoms with Crippen molar-refractivity contribution in [3.8, 4) is 17.6 Å². The van der Waals surface area contributed by atoms with Gasteiger partial charge in [-0.25, -0.2) is 0 Å². The highest BCUT2D eigenvalue weighted by Gasteiger charge is 2.03. The van der Waals surface area contributed by atoms with Crippen molar-refractivity contribution in [3.05, 3.63) is 63.6 Å². The van der Waals surface area contributed by atoms with Crippen molar-refractivity contribution in [2.24, 2.45) is 0 Å². The SMILES string of the molecule is OCCC#Cc1ccccc1COc1ccc(Cl)c(Cl)c1. The summed E-state index contributed by atoms with van der Waals surface area (Å²) in [6.45, 7) is 0.455. The van der Waals surface area contributed by atoms with Gasteiger partial charge in [0.15, 0.2) is 0 Å². The van der Waals surface area contributed by atoms with Gasteiger partial charge in [-0.05, 0) is 18.2 Å². The predicted molar refractivity (Wildman–Crippen MR) is 85.8 cm³/mol. The van der Waals surface area contributed by atoms with Crippen molar-refractivity contribution >= 4 is 23.2 Å². The summed E-state index contributed by atoms with van der Waals surface area (Å²) in [5.41, 5.74) is 1.88. The lowest BCUT2D eigenvalue weighted by molar-refractivity contribution is 0.305. The van der Waals surface area contributed by atoms with Gasteiger partial charge >= 0.3 is 0 Å². The summed E-state index contributed by atoms with van der Waals surface area (Å²) in [5.74, 6) is 6.60. The van der Waals surface area contributed by atoms with Gasteiger partial charge in [0.1, 0.15) is 12.4 Å². The Kier molecular flexibility index (Phi) is 5.95. The number of rotatable bonds is 4. The first-order chi connectivity index (χ1) is 10.2. The molecule has 0 saturated carbocycles. The Hall–Kier alpha value is -1.66. The van der Waals surface area contributed by atoms with E-state index in [-0.39, 0.29) is 6.61 Å². The summed E-state index contributed by atoms with van der Waals surface area (Å²) in [5, 5.41) is 9.73. The summed E-state index contributed by atoms with van der Waals surface area (Å²) >= 11 is 11.8. The largest absolute Gasteiger partial charge is 0.489 e. The van der Waals surface area contributed by atoms with Crippen LogP contribution in [-0.2, 0) is 6.61 Å². The van der Waals surface area contributed by atoms with E-state index in [1.165, 1.54) is 0 Å². The standard InChI is InChI=1S/C17H14Cl2O2/c18-16-9-8-15(11-17(16)19)21-12-14-7-2-1-5-13(14)6-3-4-10-20/h1-2,5,7-9,11,20H,4,10,12H2. The fourth-order valence-corrected chi connectivity index (χ4v) is 2.00. The van der Waals surface area contributed by atoms with E-state index in [2.05, 4.69) is 11.8 Å². The highest BCUT2D eigenvalue weighted by atomic mass is 35.5. The van der Waals surface area contributed by atoms with Gasteiger partial charge < -0.3 is 9.84 Å². The van der Waals surface area contributed by atoms with Crippen LogP contribution < -0.4 is 4.74 Å². The summed E-state index contributed by atoms with van der Waals surface area (Å²) < 4.78 is 5.71. The Labute approximate surface area is 134 Å². The molecule has 0 heterocycles. The lowest BCUT2D eigenvalue weighted by Crippen LogP contribution is -1.98. The first-order valence-corrected chi connectivity index (χ1v) is 7.22. The van der Waals surface area contributed by atoms with E-state index < -0.39 is 0 Å². The predicted octanol–water partition coefficient (Wildman–Crippen LogP) is 4.31. The zero-order valence-corrected chi connectivity index (χ0v) is 12.8. The molecule has 0 atom stereocenters. The van der Waals surface area contributed by atoms with E-state index >= 15 is 0 Å². The van der Waals surface area contributed by atoms with Crippen LogP contribution in [0.5, 0.6) is 5.75 Å². The molecule has 4 heteroatoms. The van der Waals surface area contributed by atoms with Crippen molar-refractivity contribution in [1.82, 2.24) is 0 Å². The fraction of sp³-hybridized carbons (Fsp3) is 0.176. The second-order valence-electron chi connectivity index (χ2n) is 4.30. The highest BCUT2D eigenvalue weighted by Crippen LogP contribution is 2.26. The van der Waals surface area contributed by atoms with E-state index in [4.69, 9.17) is 33.0 Å². The molecule has 2 nitrogen and oxygen atoms in total. The smallest absolute Gasteiger partial charge is 0.121 e. The number of halogens is 2. The Bertz CT molecular complexity index is 672. The molecule has 1 N–H and O–H groups in total. The molecular formula is C17H14Cl2O2. The normalized spacial score (nSPS) is 9.86. The number of hydrogen-bond donors (Lipinski definition) is 1. The zero-order valence-electron chi connectivity index (χ0n) is 11.3. The molecule has 2 aromatic rings. The third-order valence-corrected chi connectivity index (χ3v) is 3.50. The van der Waals surface area contributed by atoms with Crippen LogP contribution in [0, 0.1) is 11.8 Å². The minimum atomic E-state index is 0.0644. The van der Waals surface area contributed by atoms with Crippen LogP contribution in [-0.4, -0.2) is 11.7 Å². The van der Waals surface area contributed by atoms with Gasteiger partial charge in [-0.2, -0.15) is 0 Å². The Balaban J connectivity index is 2.09. The van der Waals surface area contributed by atoms with E-state index in [0.29, 0.717) is 28.8 Å². The van der Waals surface area contributed by atoms with E-state index in [0.717, 1.165) is 11.1 Å². The maximum Gasteiger partial charge on any atom is 0.121 e. The molecule has 0 aromatic heterocycles. The van der Waals surface area contributed by atoms with Gasteiger partial charge in [-0.1, -0.05) is 53.2 Å². The lowest BCUT2D eigenvalue weighted by Gasteiger charge is -2.08. The van der Waals surface area contributed by atoms with E-state index in [1.54, 1.807) is 18.2 Å². The van der Waals surface area contributed by atoms with E-state index in [9.17, 15) is 0 Å². The number of hydrogen-bond acceptors (Lipinski definition) is 2. The van der Waals surface area contributed by atoms with Crippen LogP contribution in [0.1, 0.15) is 17.5 Å². The van der Waals surface area contributed by atoms with Crippen LogP contribution in [0.2, 0.25) is 10.0 Å². The third-order valence-electron chi connectivity index (χ3n) is 2.76. The molecule has 0 spiro atoms. The average Bonchev–Trinajstić information content (AvgIpc) is 2.50. The molecule has 0 unspecified atom stereocenters. The van der Waals surface area contributed by atoms with Crippen molar-refractivity contribution in [2.75, 3.05) is 6.61 Å². The fourth-order valence-electron chi connectivity index (χ4n) is 1.71. The van der Waals surface area contributed by atoms with Crippen LogP contribution in [0.3, 0.4) is 0 Å². The maximum absolute atomic E-state index is 8.76. The molecule has 0 aliphatic rings. The number of benzene rings is 2. The van der Waals surface area contributed by atoms with Crippen molar-refractivity contribution in [3.63, 3.8) is 0 Å². The molecule has 0 bridgehead atoms. The molecular weight excluding hydrogens is 307 g/mol. The lowest BCUT2D eigenvalue weighted by atomic mass is 10.1. The van der Waals surface area contributed by atoms with Crippen LogP contribution in [0.15, 0.2) is 42.5 Å². The quantitative estimate of drug-likeness (QED) is 0.851. The van der Waals surface area contributed by atoms with Gasteiger partial charge in [0.25, 0.3) is 0 Å². The van der Waals surface area contributed by atoms with Crippen molar-refractivity contribution < 1.29 is 9.84 Å². The first kappa shape index (κ1) is 15.7. The van der Waals surface area contributed by atoms with Crippen molar-refractivity contribution in [1.29, 1.82) is 0 Å². The Morgan fingerprint density at radius 1 is 1.05 bits per heavy atom. The number of aliphatic hydroxyl groups excluding tert-OH is 1. The Morgan fingerprint density at radius 2 is 1.86 bits per heavy atom. The van der Waals surface area contributed by atoms with Crippen LogP contribution in [0.4, 0.5) is 0 Å².